The Kier molecular flexibility index (Phi) is 8.86. The lowest BCUT2D eigenvalue weighted by Crippen LogP contribution is -2.22. The summed E-state index contributed by atoms with van der Waals surface area (Å²) < 4.78 is 0. The van der Waals surface area contributed by atoms with Gasteiger partial charge in [-0.25, -0.2) is 15.4 Å². The summed E-state index contributed by atoms with van der Waals surface area (Å²) in [5.41, 5.74) is 8.02. The highest BCUT2D eigenvalue weighted by Gasteiger charge is 2.37. The highest BCUT2D eigenvalue weighted by atomic mass is 16.5. The van der Waals surface area contributed by atoms with Crippen molar-refractivity contribution in [1.82, 2.24) is 25.7 Å². The number of anilines is 3. The zero-order valence-corrected chi connectivity index (χ0v) is 24.8. The van der Waals surface area contributed by atoms with Gasteiger partial charge in [0.25, 0.3) is 11.8 Å². The van der Waals surface area contributed by atoms with E-state index < -0.39 is 5.91 Å². The molecule has 10 nitrogen and oxygen atoms in total. The van der Waals surface area contributed by atoms with Crippen molar-refractivity contribution in [2.24, 2.45) is 0 Å². The van der Waals surface area contributed by atoms with E-state index in [9.17, 15) is 9.59 Å². The number of carbonyl (C=O) groups is 2. The third-order valence-electron chi connectivity index (χ3n) is 7.59. The Morgan fingerprint density at radius 3 is 2.56 bits per heavy atom. The summed E-state index contributed by atoms with van der Waals surface area (Å²) in [5, 5.41) is 15.9. The molecule has 0 radical (unpaired) electrons. The summed E-state index contributed by atoms with van der Waals surface area (Å²) in [6.07, 6.45) is 8.64. The molecule has 1 aliphatic heterocycles. The van der Waals surface area contributed by atoms with Gasteiger partial charge in [0.05, 0.1) is 22.5 Å². The molecule has 4 heterocycles. The number of hydrogen-bond acceptors (Lipinski definition) is 8. The molecule has 2 amide bonds. The number of carbonyl (C=O) groups excluding carboxylic acids is 2. The summed E-state index contributed by atoms with van der Waals surface area (Å²) in [6, 6.07) is 25.9. The number of rotatable bonds is 7. The van der Waals surface area contributed by atoms with Crippen LogP contribution >= 0.6 is 0 Å². The van der Waals surface area contributed by atoms with Gasteiger partial charge in [-0.05, 0) is 72.9 Å². The molecule has 45 heavy (non-hydrogen) atoms. The topological polar surface area (TPSA) is 132 Å². The van der Waals surface area contributed by atoms with Crippen LogP contribution in [-0.4, -0.2) is 38.0 Å². The fourth-order valence-electron chi connectivity index (χ4n) is 5.10. The molecular weight excluding hydrogens is 566 g/mol. The van der Waals surface area contributed by atoms with Crippen LogP contribution in [0.2, 0.25) is 0 Å². The minimum atomic E-state index is -0.548. The molecule has 2 aromatic carbocycles. The van der Waals surface area contributed by atoms with E-state index in [2.05, 4.69) is 42.6 Å². The van der Waals surface area contributed by atoms with Crippen LogP contribution in [0.4, 0.5) is 17.3 Å². The van der Waals surface area contributed by atoms with E-state index in [1.54, 1.807) is 30.0 Å². The maximum Gasteiger partial charge on any atom is 0.267 e. The monoisotopic (exact) mass is 599 g/mol. The van der Waals surface area contributed by atoms with Crippen molar-refractivity contribution >= 4 is 46.1 Å². The van der Waals surface area contributed by atoms with Crippen LogP contribution in [0.3, 0.4) is 0 Å². The molecule has 1 aliphatic carbocycles. The molecule has 1 fully saturated rings. The number of nitrogens with one attached hydrogen (secondary N) is 3. The summed E-state index contributed by atoms with van der Waals surface area (Å²) in [5.74, 6) is 0.852. The molecule has 0 saturated heterocycles. The zero-order chi connectivity index (χ0) is 31.2. The molecule has 1 saturated carbocycles. The van der Waals surface area contributed by atoms with Crippen molar-refractivity contribution in [3.8, 4) is 0 Å². The summed E-state index contributed by atoms with van der Waals surface area (Å²) in [7, 11) is 0. The molecule has 0 atom stereocenters. The van der Waals surface area contributed by atoms with Gasteiger partial charge >= 0.3 is 0 Å². The average Bonchev–Trinajstić information content (AvgIpc) is 3.92. The van der Waals surface area contributed by atoms with Crippen LogP contribution in [0.5, 0.6) is 0 Å². The van der Waals surface area contributed by atoms with Gasteiger partial charge in [0.15, 0.2) is 5.82 Å². The van der Waals surface area contributed by atoms with Crippen molar-refractivity contribution in [2.45, 2.75) is 38.9 Å². The highest BCUT2D eigenvalue weighted by Crippen LogP contribution is 2.43. The standard InChI is InChI=1S/C20H19N3O2.C15H14N4O/c24-20(23-25)12-9-15-5-7-16(8-6-15)13-21-14-18-11-10-17-3-1-2-4-19(17)22-18;1-9-6-8-17-14-12(9)18-15(20)11-3-2-7-16-13(11)19(14)10-4-5-10/h1-12,21,25H,13-14H2,(H,23,24);2-3,6-8,10H,4-5H2,1H3,(H,18,20)/b12-9+;. The van der Waals surface area contributed by atoms with Crippen LogP contribution in [0.15, 0.2) is 97.3 Å². The number of hydrogen-bond donors (Lipinski definition) is 4. The maximum absolute atomic E-state index is 12.4. The smallest absolute Gasteiger partial charge is 0.267 e. The van der Waals surface area contributed by atoms with Gasteiger partial charge in [-0.3, -0.25) is 19.8 Å². The van der Waals surface area contributed by atoms with Crippen LogP contribution < -0.4 is 21.0 Å². The number of fused-ring (bicyclic) bond motifs is 3. The van der Waals surface area contributed by atoms with Crippen LogP contribution in [0.25, 0.3) is 17.0 Å². The molecule has 10 heteroatoms. The van der Waals surface area contributed by atoms with Crippen molar-refractivity contribution in [3.63, 3.8) is 0 Å². The van der Waals surface area contributed by atoms with Gasteiger partial charge in [0.2, 0.25) is 0 Å². The Labute approximate surface area is 260 Å². The van der Waals surface area contributed by atoms with Gasteiger partial charge in [0, 0.05) is 43.0 Å². The number of nitrogens with zero attached hydrogens (tertiary/aromatic N) is 4. The van der Waals surface area contributed by atoms with E-state index in [0.717, 1.165) is 64.2 Å². The van der Waals surface area contributed by atoms with Crippen molar-refractivity contribution in [1.29, 1.82) is 0 Å². The Morgan fingerprint density at radius 2 is 1.76 bits per heavy atom. The molecule has 4 N–H and O–H groups in total. The Balaban J connectivity index is 0.000000162. The zero-order valence-electron chi connectivity index (χ0n) is 24.8. The Hall–Kier alpha value is -5.45. The largest absolute Gasteiger partial charge is 0.318 e. The first-order valence-corrected chi connectivity index (χ1v) is 14.8. The maximum atomic E-state index is 12.4. The Bertz CT molecular complexity index is 1870. The molecule has 3 aromatic heterocycles. The second kappa shape index (κ2) is 13.5. The van der Waals surface area contributed by atoms with Crippen LogP contribution in [0, 0.1) is 6.92 Å². The molecule has 0 spiro atoms. The molecule has 0 bridgehead atoms. The first kappa shape index (κ1) is 29.6. The lowest BCUT2D eigenvalue weighted by atomic mass is 10.1. The highest BCUT2D eigenvalue weighted by molar-refractivity contribution is 6.11. The van der Waals surface area contributed by atoms with E-state index in [1.807, 2.05) is 67.6 Å². The number of hydroxylamine groups is 1. The number of aryl methyl sites for hydroxylation is 1. The Morgan fingerprint density at radius 1 is 0.956 bits per heavy atom. The fourth-order valence-corrected chi connectivity index (χ4v) is 5.10. The lowest BCUT2D eigenvalue weighted by molar-refractivity contribution is -0.124. The van der Waals surface area contributed by atoms with Gasteiger partial charge in [-0.2, -0.15) is 0 Å². The minimum Gasteiger partial charge on any atom is -0.318 e. The minimum absolute atomic E-state index is 0.117. The van der Waals surface area contributed by atoms with Crippen molar-refractivity contribution in [3.05, 3.63) is 125 Å². The predicted molar refractivity (Wildman–Crippen MR) is 174 cm³/mol. The van der Waals surface area contributed by atoms with E-state index in [1.165, 1.54) is 6.08 Å². The summed E-state index contributed by atoms with van der Waals surface area (Å²) in [6.45, 7) is 3.41. The number of amides is 2. The van der Waals surface area contributed by atoms with E-state index in [-0.39, 0.29) is 5.91 Å². The van der Waals surface area contributed by atoms with E-state index >= 15 is 0 Å². The normalized spacial score (nSPS) is 13.7. The van der Waals surface area contributed by atoms with Gasteiger partial charge in [0.1, 0.15) is 5.82 Å². The number of para-hydroxylation sites is 1. The number of aromatic nitrogens is 3. The van der Waals surface area contributed by atoms with E-state index in [4.69, 9.17) is 5.21 Å². The second-order valence-electron chi connectivity index (χ2n) is 10.9. The molecular formula is C35H33N7O3. The third-order valence-corrected chi connectivity index (χ3v) is 7.59. The van der Waals surface area contributed by atoms with Crippen molar-refractivity contribution < 1.29 is 14.8 Å². The van der Waals surface area contributed by atoms with E-state index in [0.29, 0.717) is 24.0 Å². The number of pyridine rings is 3. The summed E-state index contributed by atoms with van der Waals surface area (Å²) >= 11 is 0. The van der Waals surface area contributed by atoms with Crippen LogP contribution in [-0.2, 0) is 17.9 Å². The molecule has 5 aromatic rings. The molecule has 2 aliphatic rings. The number of benzene rings is 2. The lowest BCUT2D eigenvalue weighted by Gasteiger charge is -2.23. The average molecular weight is 600 g/mol. The quantitative estimate of drug-likeness (QED) is 0.107. The van der Waals surface area contributed by atoms with Gasteiger partial charge in [-0.1, -0.05) is 48.5 Å². The second-order valence-corrected chi connectivity index (χ2v) is 10.9. The van der Waals surface area contributed by atoms with Gasteiger partial charge in [-0.15, -0.1) is 0 Å². The first-order chi connectivity index (χ1) is 22.0. The molecule has 226 valence electrons. The molecule has 7 rings (SSSR count). The summed E-state index contributed by atoms with van der Waals surface area (Å²) in [4.78, 5) is 39.0. The third kappa shape index (κ3) is 7.04. The van der Waals surface area contributed by atoms with Gasteiger partial charge < -0.3 is 15.5 Å². The predicted octanol–water partition coefficient (Wildman–Crippen LogP) is 5.69. The van der Waals surface area contributed by atoms with Crippen LogP contribution in [0.1, 0.15) is 45.6 Å². The SMILES string of the molecule is Cc1ccnc2c1NC(=O)c1cccnc1N2C1CC1.O=C(/C=C/c1ccc(CNCc2ccc3ccccc3n2)cc1)NO. The first-order valence-electron chi connectivity index (χ1n) is 14.8. The molecule has 0 unspecified atom stereocenters. The fraction of sp³-hybridized carbons (Fsp3) is 0.171. The van der Waals surface area contributed by atoms with Crippen molar-refractivity contribution in [2.75, 3.05) is 10.2 Å².